The van der Waals surface area contributed by atoms with Crippen LogP contribution in [0.15, 0.2) is 29.3 Å². The number of hydrogen-bond donors (Lipinski definition) is 2. The number of para-hydroxylation sites is 1. The van der Waals surface area contributed by atoms with Crippen molar-refractivity contribution in [3.8, 4) is 5.75 Å². The quantitative estimate of drug-likeness (QED) is 0.366. The van der Waals surface area contributed by atoms with Crippen molar-refractivity contribution in [1.82, 2.24) is 10.6 Å². The van der Waals surface area contributed by atoms with E-state index in [1.807, 2.05) is 0 Å². The van der Waals surface area contributed by atoms with E-state index in [4.69, 9.17) is 14.5 Å². The standard InChI is InChI=1S/C22H33N3O2.HI/c1-2-23-21(24-16-17-9-13-26-14-10-17)25-19-15-22(11-5-6-12-22)27-20-8-4-3-7-18(19)20;/h3-4,7-8,17,19H,2,5-6,9-16H2,1H3,(H2,23,24,25);1H. The minimum absolute atomic E-state index is 0. The van der Waals surface area contributed by atoms with Crippen molar-refractivity contribution in [3.63, 3.8) is 0 Å². The van der Waals surface area contributed by atoms with E-state index in [2.05, 4.69) is 41.8 Å². The van der Waals surface area contributed by atoms with E-state index in [-0.39, 0.29) is 35.6 Å². The molecular formula is C22H34IN3O2. The summed E-state index contributed by atoms with van der Waals surface area (Å²) in [6.07, 6.45) is 8.12. The van der Waals surface area contributed by atoms with Gasteiger partial charge in [-0.2, -0.15) is 0 Å². The molecule has 2 N–H and O–H groups in total. The minimum Gasteiger partial charge on any atom is -0.487 e. The molecule has 0 radical (unpaired) electrons. The Labute approximate surface area is 186 Å². The number of fused-ring (bicyclic) bond motifs is 1. The molecule has 1 atom stereocenters. The van der Waals surface area contributed by atoms with Gasteiger partial charge >= 0.3 is 0 Å². The van der Waals surface area contributed by atoms with Crippen LogP contribution in [0.2, 0.25) is 0 Å². The SMILES string of the molecule is CCNC(=NCC1CCOCC1)NC1CC2(CCCC2)Oc2ccccc21.I. The highest BCUT2D eigenvalue weighted by Crippen LogP contribution is 2.46. The van der Waals surface area contributed by atoms with Crippen molar-refractivity contribution in [3.05, 3.63) is 29.8 Å². The Hall–Kier alpha value is -1.02. The first kappa shape index (κ1) is 21.7. The summed E-state index contributed by atoms with van der Waals surface area (Å²) in [5.41, 5.74) is 1.26. The Morgan fingerprint density at radius 1 is 1.18 bits per heavy atom. The lowest BCUT2D eigenvalue weighted by molar-refractivity contribution is 0.0395. The summed E-state index contributed by atoms with van der Waals surface area (Å²) >= 11 is 0. The maximum Gasteiger partial charge on any atom is 0.191 e. The maximum absolute atomic E-state index is 6.49. The summed E-state index contributed by atoms with van der Waals surface area (Å²) in [4.78, 5) is 4.92. The highest BCUT2D eigenvalue weighted by molar-refractivity contribution is 14.0. The molecule has 1 aromatic carbocycles. The number of aliphatic imine (C=N–C) groups is 1. The third-order valence-electron chi connectivity index (χ3n) is 6.22. The molecular weight excluding hydrogens is 465 g/mol. The van der Waals surface area contributed by atoms with Gasteiger partial charge in [0.2, 0.25) is 0 Å². The van der Waals surface area contributed by atoms with Gasteiger partial charge in [-0.05, 0) is 57.4 Å². The van der Waals surface area contributed by atoms with E-state index >= 15 is 0 Å². The topological polar surface area (TPSA) is 54.9 Å². The number of benzene rings is 1. The summed E-state index contributed by atoms with van der Waals surface area (Å²) in [5.74, 6) is 2.61. The lowest BCUT2D eigenvalue weighted by Gasteiger charge is -2.40. The Bertz CT molecular complexity index is 655. The molecule has 6 heteroatoms. The molecule has 1 aromatic rings. The van der Waals surface area contributed by atoms with E-state index in [1.165, 1.54) is 18.4 Å². The Morgan fingerprint density at radius 3 is 2.68 bits per heavy atom. The number of ether oxygens (including phenoxy) is 2. The molecule has 1 spiro atoms. The minimum atomic E-state index is 0. The fourth-order valence-electron chi connectivity index (χ4n) is 4.71. The first-order valence-electron chi connectivity index (χ1n) is 10.7. The van der Waals surface area contributed by atoms with Crippen molar-refractivity contribution >= 4 is 29.9 Å². The van der Waals surface area contributed by atoms with Crippen LogP contribution >= 0.6 is 24.0 Å². The number of rotatable bonds is 4. The predicted molar refractivity (Wildman–Crippen MR) is 124 cm³/mol. The number of guanidine groups is 1. The number of nitrogens with one attached hydrogen (secondary N) is 2. The van der Waals surface area contributed by atoms with Crippen LogP contribution in [0.3, 0.4) is 0 Å². The fourth-order valence-corrected chi connectivity index (χ4v) is 4.71. The fraction of sp³-hybridized carbons (Fsp3) is 0.682. The zero-order valence-electron chi connectivity index (χ0n) is 16.9. The third-order valence-corrected chi connectivity index (χ3v) is 6.22. The van der Waals surface area contributed by atoms with Gasteiger partial charge in [-0.3, -0.25) is 4.99 Å². The van der Waals surface area contributed by atoms with E-state index in [1.54, 1.807) is 0 Å². The van der Waals surface area contributed by atoms with E-state index in [0.29, 0.717) is 5.92 Å². The van der Waals surface area contributed by atoms with E-state index < -0.39 is 0 Å². The monoisotopic (exact) mass is 499 g/mol. The lowest BCUT2D eigenvalue weighted by Crippen LogP contribution is -2.46. The lowest BCUT2D eigenvalue weighted by atomic mass is 9.86. The molecule has 4 rings (SSSR count). The van der Waals surface area contributed by atoms with Gasteiger partial charge < -0.3 is 20.1 Å². The van der Waals surface area contributed by atoms with Crippen LogP contribution in [-0.4, -0.2) is 37.9 Å². The second-order valence-electron chi connectivity index (χ2n) is 8.21. The van der Waals surface area contributed by atoms with Crippen LogP contribution < -0.4 is 15.4 Å². The second kappa shape index (κ2) is 10.1. The molecule has 2 fully saturated rings. The van der Waals surface area contributed by atoms with Gasteiger partial charge in [0.1, 0.15) is 11.4 Å². The molecule has 1 saturated heterocycles. The zero-order valence-corrected chi connectivity index (χ0v) is 19.2. The molecule has 1 saturated carbocycles. The van der Waals surface area contributed by atoms with Gasteiger partial charge in [0.25, 0.3) is 0 Å². The number of halogens is 1. The summed E-state index contributed by atoms with van der Waals surface area (Å²) < 4.78 is 12.0. The van der Waals surface area contributed by atoms with Gasteiger partial charge in [-0.25, -0.2) is 0 Å². The Morgan fingerprint density at radius 2 is 1.93 bits per heavy atom. The second-order valence-corrected chi connectivity index (χ2v) is 8.21. The molecule has 0 bridgehead atoms. The average Bonchev–Trinajstić information content (AvgIpc) is 3.14. The molecule has 1 unspecified atom stereocenters. The Balaban J connectivity index is 0.00000225. The summed E-state index contributed by atoms with van der Waals surface area (Å²) in [7, 11) is 0. The molecule has 2 aliphatic heterocycles. The van der Waals surface area contributed by atoms with Crippen molar-refractivity contribution in [2.24, 2.45) is 10.9 Å². The third kappa shape index (κ3) is 5.12. The summed E-state index contributed by atoms with van der Waals surface area (Å²) in [6, 6.07) is 8.75. The van der Waals surface area contributed by atoms with Crippen LogP contribution in [0.25, 0.3) is 0 Å². The van der Waals surface area contributed by atoms with Crippen molar-refractivity contribution < 1.29 is 9.47 Å². The van der Waals surface area contributed by atoms with Crippen LogP contribution in [0.1, 0.15) is 63.5 Å². The van der Waals surface area contributed by atoms with Crippen LogP contribution in [0.4, 0.5) is 0 Å². The normalized spacial score (nSPS) is 24.2. The van der Waals surface area contributed by atoms with Crippen molar-refractivity contribution in [2.45, 2.75) is 63.5 Å². The van der Waals surface area contributed by atoms with Gasteiger partial charge in [-0.1, -0.05) is 18.2 Å². The van der Waals surface area contributed by atoms with Crippen LogP contribution in [0, 0.1) is 5.92 Å². The van der Waals surface area contributed by atoms with Crippen LogP contribution in [0.5, 0.6) is 5.75 Å². The van der Waals surface area contributed by atoms with E-state index in [0.717, 1.165) is 70.1 Å². The Kier molecular flexibility index (Phi) is 7.85. The molecule has 28 heavy (non-hydrogen) atoms. The highest BCUT2D eigenvalue weighted by atomic mass is 127. The van der Waals surface area contributed by atoms with Gasteiger partial charge in [0.15, 0.2) is 5.96 Å². The molecule has 2 heterocycles. The first-order valence-corrected chi connectivity index (χ1v) is 10.7. The molecule has 1 aliphatic carbocycles. The summed E-state index contributed by atoms with van der Waals surface area (Å²) in [5, 5.41) is 7.18. The molecule has 0 aromatic heterocycles. The molecule has 0 amide bonds. The average molecular weight is 499 g/mol. The zero-order chi connectivity index (χ0) is 18.5. The number of hydrogen-bond acceptors (Lipinski definition) is 3. The van der Waals surface area contributed by atoms with Crippen LogP contribution in [-0.2, 0) is 4.74 Å². The first-order chi connectivity index (χ1) is 13.3. The van der Waals surface area contributed by atoms with E-state index in [9.17, 15) is 0 Å². The highest BCUT2D eigenvalue weighted by Gasteiger charge is 2.43. The van der Waals surface area contributed by atoms with Crippen molar-refractivity contribution in [1.29, 1.82) is 0 Å². The van der Waals surface area contributed by atoms with Crippen molar-refractivity contribution in [2.75, 3.05) is 26.3 Å². The largest absolute Gasteiger partial charge is 0.487 e. The maximum atomic E-state index is 6.49. The van der Waals surface area contributed by atoms with Gasteiger partial charge in [-0.15, -0.1) is 24.0 Å². The summed E-state index contributed by atoms with van der Waals surface area (Å²) in [6.45, 7) is 5.62. The number of nitrogens with zero attached hydrogens (tertiary/aromatic N) is 1. The molecule has 156 valence electrons. The molecule has 3 aliphatic rings. The predicted octanol–water partition coefficient (Wildman–Crippen LogP) is 4.42. The van der Waals surface area contributed by atoms with Gasteiger partial charge in [0, 0.05) is 38.3 Å². The van der Waals surface area contributed by atoms with Gasteiger partial charge in [0.05, 0.1) is 6.04 Å². The molecule has 5 nitrogen and oxygen atoms in total. The smallest absolute Gasteiger partial charge is 0.191 e.